The summed E-state index contributed by atoms with van der Waals surface area (Å²) < 4.78 is 16.7. The van der Waals surface area contributed by atoms with E-state index < -0.39 is 0 Å². The third-order valence-corrected chi connectivity index (χ3v) is 4.55. The van der Waals surface area contributed by atoms with Gasteiger partial charge < -0.3 is 19.5 Å². The first kappa shape index (κ1) is 18.8. The Morgan fingerprint density at radius 3 is 2.70 bits per heavy atom. The fourth-order valence-electron chi connectivity index (χ4n) is 3.28. The Morgan fingerprint density at radius 1 is 1.19 bits per heavy atom. The summed E-state index contributed by atoms with van der Waals surface area (Å²) in [5.74, 6) is 2.04. The Labute approximate surface area is 159 Å². The molecule has 1 aliphatic heterocycles. The Hall–Kier alpha value is -2.95. The van der Waals surface area contributed by atoms with Crippen LogP contribution < -0.4 is 19.5 Å². The zero-order chi connectivity index (χ0) is 19.4. The summed E-state index contributed by atoms with van der Waals surface area (Å²) in [5.41, 5.74) is 1.42. The van der Waals surface area contributed by atoms with E-state index in [1.165, 1.54) is 6.08 Å². The van der Waals surface area contributed by atoms with E-state index in [-0.39, 0.29) is 17.6 Å². The number of benzene rings is 2. The maximum atomic E-state index is 12.5. The van der Waals surface area contributed by atoms with Crippen LogP contribution >= 0.6 is 0 Å². The number of carbonyl (C=O) groups is 1. The molecule has 1 N–H and O–H groups in total. The van der Waals surface area contributed by atoms with E-state index in [1.807, 2.05) is 56.3 Å². The highest BCUT2D eigenvalue weighted by atomic mass is 16.5. The Kier molecular flexibility index (Phi) is 5.40. The van der Waals surface area contributed by atoms with E-state index >= 15 is 0 Å². The van der Waals surface area contributed by atoms with Gasteiger partial charge in [0.15, 0.2) is 0 Å². The van der Waals surface area contributed by atoms with Crippen molar-refractivity contribution in [3.63, 3.8) is 0 Å². The highest BCUT2D eigenvalue weighted by Gasteiger charge is 2.34. The predicted octanol–water partition coefficient (Wildman–Crippen LogP) is 4.14. The van der Waals surface area contributed by atoms with Crippen LogP contribution in [0.1, 0.15) is 37.4 Å². The third kappa shape index (κ3) is 4.42. The van der Waals surface area contributed by atoms with Crippen LogP contribution in [0, 0.1) is 0 Å². The molecular weight excluding hydrogens is 342 g/mol. The largest absolute Gasteiger partial charge is 0.497 e. The highest BCUT2D eigenvalue weighted by Crippen LogP contribution is 2.41. The molecule has 3 rings (SSSR count). The molecule has 0 aliphatic carbocycles. The molecule has 1 heterocycles. The van der Waals surface area contributed by atoms with Crippen LogP contribution in [0.15, 0.2) is 48.5 Å². The minimum Gasteiger partial charge on any atom is -0.497 e. The quantitative estimate of drug-likeness (QED) is 0.807. The number of para-hydroxylation sites is 1. The summed E-state index contributed by atoms with van der Waals surface area (Å²) in [5, 5.41) is 3.09. The molecule has 5 heteroatoms. The number of hydrogen-bond acceptors (Lipinski definition) is 4. The molecular formula is C22H25NO4. The van der Waals surface area contributed by atoms with Gasteiger partial charge in [-0.05, 0) is 38.1 Å². The number of rotatable bonds is 5. The van der Waals surface area contributed by atoms with E-state index in [0.717, 1.165) is 28.4 Å². The molecule has 5 nitrogen and oxygen atoms in total. The van der Waals surface area contributed by atoms with Crippen molar-refractivity contribution in [2.24, 2.45) is 0 Å². The second kappa shape index (κ2) is 7.74. The fourth-order valence-corrected chi connectivity index (χ4v) is 3.28. The number of ether oxygens (including phenoxy) is 3. The van der Waals surface area contributed by atoms with Crippen molar-refractivity contribution >= 4 is 12.0 Å². The van der Waals surface area contributed by atoms with Crippen molar-refractivity contribution in [3.8, 4) is 17.2 Å². The van der Waals surface area contributed by atoms with Crippen LogP contribution in [-0.4, -0.2) is 25.7 Å². The average molecular weight is 367 g/mol. The molecule has 27 heavy (non-hydrogen) atoms. The SMILES string of the molecule is COc1ccc2c(c1)OC(C)(C)CC2NC(=O)/C=C/c1ccccc1OC. The number of amides is 1. The molecule has 0 saturated heterocycles. The first-order valence-corrected chi connectivity index (χ1v) is 8.90. The van der Waals surface area contributed by atoms with Crippen LogP contribution in [0.2, 0.25) is 0 Å². The summed E-state index contributed by atoms with van der Waals surface area (Å²) in [6.07, 6.45) is 3.97. The number of fused-ring (bicyclic) bond motifs is 1. The molecule has 2 aromatic carbocycles. The lowest BCUT2D eigenvalue weighted by atomic mass is 9.89. The lowest BCUT2D eigenvalue weighted by Gasteiger charge is -2.37. The normalized spacial score (nSPS) is 17.7. The first-order valence-electron chi connectivity index (χ1n) is 8.90. The molecule has 0 aromatic heterocycles. The van der Waals surface area contributed by atoms with Gasteiger partial charge in [-0.3, -0.25) is 4.79 Å². The van der Waals surface area contributed by atoms with Gasteiger partial charge in [-0.25, -0.2) is 0 Å². The number of hydrogen-bond donors (Lipinski definition) is 1. The fraction of sp³-hybridized carbons (Fsp3) is 0.318. The van der Waals surface area contributed by atoms with Gasteiger partial charge >= 0.3 is 0 Å². The zero-order valence-corrected chi connectivity index (χ0v) is 16.1. The molecule has 142 valence electrons. The van der Waals surface area contributed by atoms with Crippen LogP contribution in [0.25, 0.3) is 6.08 Å². The summed E-state index contributed by atoms with van der Waals surface area (Å²) in [6.45, 7) is 4.03. The van der Waals surface area contributed by atoms with Gasteiger partial charge in [0.2, 0.25) is 5.91 Å². The van der Waals surface area contributed by atoms with Crippen molar-refractivity contribution in [2.75, 3.05) is 14.2 Å². The second-order valence-electron chi connectivity index (χ2n) is 7.11. The van der Waals surface area contributed by atoms with Gasteiger partial charge in [-0.1, -0.05) is 18.2 Å². The minimum atomic E-state index is -0.385. The topological polar surface area (TPSA) is 56.8 Å². The Balaban J connectivity index is 1.78. The smallest absolute Gasteiger partial charge is 0.244 e. The van der Waals surface area contributed by atoms with Gasteiger partial charge in [0.1, 0.15) is 22.8 Å². The molecule has 0 fully saturated rings. The van der Waals surface area contributed by atoms with Crippen LogP contribution in [0.3, 0.4) is 0 Å². The van der Waals surface area contributed by atoms with Gasteiger partial charge in [-0.15, -0.1) is 0 Å². The molecule has 0 spiro atoms. The monoisotopic (exact) mass is 367 g/mol. The van der Waals surface area contributed by atoms with Gasteiger partial charge in [-0.2, -0.15) is 0 Å². The first-order chi connectivity index (χ1) is 12.9. The van der Waals surface area contributed by atoms with E-state index in [1.54, 1.807) is 20.3 Å². The third-order valence-electron chi connectivity index (χ3n) is 4.55. The number of methoxy groups -OCH3 is 2. The van der Waals surface area contributed by atoms with Crippen molar-refractivity contribution in [2.45, 2.75) is 31.9 Å². The molecule has 1 aliphatic rings. The summed E-state index contributed by atoms with van der Waals surface area (Å²) >= 11 is 0. The molecule has 1 amide bonds. The molecule has 0 saturated carbocycles. The molecule has 0 radical (unpaired) electrons. The maximum Gasteiger partial charge on any atom is 0.244 e. The average Bonchev–Trinajstić information content (AvgIpc) is 2.65. The van der Waals surface area contributed by atoms with E-state index in [0.29, 0.717) is 6.42 Å². The van der Waals surface area contributed by atoms with Crippen molar-refractivity contribution < 1.29 is 19.0 Å². The Morgan fingerprint density at radius 2 is 1.96 bits per heavy atom. The predicted molar refractivity (Wildman–Crippen MR) is 105 cm³/mol. The van der Waals surface area contributed by atoms with Gasteiger partial charge in [0.05, 0.1) is 20.3 Å². The van der Waals surface area contributed by atoms with Crippen molar-refractivity contribution in [1.29, 1.82) is 0 Å². The van der Waals surface area contributed by atoms with E-state index in [4.69, 9.17) is 14.2 Å². The zero-order valence-electron chi connectivity index (χ0n) is 16.1. The number of nitrogens with one attached hydrogen (secondary N) is 1. The van der Waals surface area contributed by atoms with Crippen LogP contribution in [-0.2, 0) is 4.79 Å². The molecule has 1 atom stereocenters. The van der Waals surface area contributed by atoms with Gasteiger partial charge in [0, 0.05) is 29.7 Å². The lowest BCUT2D eigenvalue weighted by Crippen LogP contribution is -2.40. The number of carbonyl (C=O) groups excluding carboxylic acids is 1. The van der Waals surface area contributed by atoms with Crippen molar-refractivity contribution in [1.82, 2.24) is 5.32 Å². The van der Waals surface area contributed by atoms with E-state index in [9.17, 15) is 4.79 Å². The minimum absolute atomic E-state index is 0.135. The second-order valence-corrected chi connectivity index (χ2v) is 7.11. The van der Waals surface area contributed by atoms with E-state index in [2.05, 4.69) is 5.32 Å². The van der Waals surface area contributed by atoms with Crippen LogP contribution in [0.5, 0.6) is 17.2 Å². The maximum absolute atomic E-state index is 12.5. The van der Waals surface area contributed by atoms with Gasteiger partial charge in [0.25, 0.3) is 0 Å². The lowest BCUT2D eigenvalue weighted by molar-refractivity contribution is -0.117. The van der Waals surface area contributed by atoms with Crippen LogP contribution in [0.4, 0.5) is 0 Å². The summed E-state index contributed by atoms with van der Waals surface area (Å²) in [7, 11) is 3.24. The summed E-state index contributed by atoms with van der Waals surface area (Å²) in [6, 6.07) is 13.1. The summed E-state index contributed by atoms with van der Waals surface area (Å²) in [4.78, 5) is 12.5. The Bertz CT molecular complexity index is 857. The van der Waals surface area contributed by atoms with Crippen molar-refractivity contribution in [3.05, 3.63) is 59.7 Å². The highest BCUT2D eigenvalue weighted by molar-refractivity contribution is 5.92. The standard InChI is InChI=1S/C22H25NO4/c1-22(2)14-18(17-11-10-16(25-3)13-20(17)27-22)23-21(24)12-9-15-7-5-6-8-19(15)26-4/h5-13,18H,14H2,1-4H3,(H,23,24)/b12-9+. The molecule has 0 bridgehead atoms. The molecule has 2 aromatic rings. The molecule has 1 unspecified atom stereocenters.